The van der Waals surface area contributed by atoms with E-state index in [1.54, 1.807) is 0 Å². The Morgan fingerprint density at radius 3 is 2.67 bits per heavy atom. The lowest BCUT2D eigenvalue weighted by Crippen LogP contribution is -2.12. The van der Waals surface area contributed by atoms with Crippen LogP contribution in [0.25, 0.3) is 10.4 Å². The third-order valence-electron chi connectivity index (χ3n) is 2.56. The van der Waals surface area contributed by atoms with Gasteiger partial charge >= 0.3 is 0 Å². The van der Waals surface area contributed by atoms with Crippen molar-refractivity contribution in [1.29, 1.82) is 0 Å². The zero-order valence-corrected chi connectivity index (χ0v) is 11.9. The molecule has 0 radical (unpaired) electrons. The van der Waals surface area contributed by atoms with E-state index in [-0.39, 0.29) is 16.3 Å². The predicted octanol–water partition coefficient (Wildman–Crippen LogP) is 4.89. The summed E-state index contributed by atoms with van der Waals surface area (Å²) >= 11 is 11.8. The maximum absolute atomic E-state index is 12.1. The maximum Gasteiger partial charge on any atom is 0.259 e. The second-order valence-electron chi connectivity index (χ2n) is 3.97. The molecule has 2 aromatic carbocycles. The highest BCUT2D eigenvalue weighted by atomic mass is 35.5. The molecule has 0 bridgehead atoms. The zero-order chi connectivity index (χ0) is 15.4. The van der Waals surface area contributed by atoms with Crippen molar-refractivity contribution in [3.05, 3.63) is 62.4 Å². The molecule has 21 heavy (non-hydrogen) atoms. The lowest BCUT2D eigenvalue weighted by Gasteiger charge is -2.09. The number of anilines is 1. The fourth-order valence-corrected chi connectivity index (χ4v) is 1.99. The summed E-state index contributed by atoms with van der Waals surface area (Å²) in [6, 6.07) is 8.53. The van der Waals surface area contributed by atoms with Crippen LogP contribution in [-0.4, -0.2) is 11.0 Å². The summed E-state index contributed by atoms with van der Waals surface area (Å²) in [5.41, 5.74) is 9.00. The highest BCUT2D eigenvalue weighted by Crippen LogP contribution is 2.29. The van der Waals surface area contributed by atoms with E-state index in [1.807, 2.05) is 0 Å². The number of halogens is 2. The molecular weight excluding hydrogens is 315 g/mol. The predicted molar refractivity (Wildman–Crippen MR) is 81.3 cm³/mol. The van der Waals surface area contributed by atoms with E-state index in [0.29, 0.717) is 16.4 Å². The van der Waals surface area contributed by atoms with Gasteiger partial charge in [0.1, 0.15) is 5.75 Å². The van der Waals surface area contributed by atoms with E-state index in [4.69, 9.17) is 28.7 Å². The largest absolute Gasteiger partial charge is 0.507 e. The van der Waals surface area contributed by atoms with Crippen LogP contribution < -0.4 is 5.32 Å². The molecule has 0 fully saturated rings. The van der Waals surface area contributed by atoms with Gasteiger partial charge in [-0.25, -0.2) is 0 Å². The van der Waals surface area contributed by atoms with E-state index in [1.165, 1.54) is 36.4 Å². The number of carbonyl (C=O) groups is 1. The van der Waals surface area contributed by atoms with Gasteiger partial charge in [0.25, 0.3) is 5.91 Å². The molecule has 6 nitrogen and oxygen atoms in total. The number of hydrogen-bond acceptors (Lipinski definition) is 3. The van der Waals surface area contributed by atoms with Crippen LogP contribution >= 0.6 is 23.2 Å². The third-order valence-corrected chi connectivity index (χ3v) is 3.11. The number of phenols is 1. The summed E-state index contributed by atoms with van der Waals surface area (Å²) in [5.74, 6) is -0.757. The van der Waals surface area contributed by atoms with Crippen LogP contribution in [0.1, 0.15) is 10.4 Å². The maximum atomic E-state index is 12.1. The van der Waals surface area contributed by atoms with E-state index in [2.05, 4.69) is 15.3 Å². The highest BCUT2D eigenvalue weighted by Gasteiger charge is 2.13. The van der Waals surface area contributed by atoms with Crippen LogP contribution in [0.2, 0.25) is 10.0 Å². The Kier molecular flexibility index (Phi) is 4.55. The summed E-state index contributed by atoms with van der Waals surface area (Å²) in [7, 11) is 0. The SMILES string of the molecule is [N-]=[N+]=Nc1ccc(NC(=O)c2cc(Cl)ccc2O)c(Cl)c1. The van der Waals surface area contributed by atoms with Gasteiger partial charge in [0.15, 0.2) is 0 Å². The van der Waals surface area contributed by atoms with Crippen molar-refractivity contribution in [2.24, 2.45) is 5.11 Å². The average molecular weight is 323 g/mol. The Labute approximate surface area is 129 Å². The first-order valence-electron chi connectivity index (χ1n) is 5.66. The molecular formula is C13H8Cl2N4O2. The summed E-state index contributed by atoms with van der Waals surface area (Å²) in [5, 5.41) is 16.1. The lowest BCUT2D eigenvalue weighted by molar-refractivity contribution is 0.102. The molecule has 2 rings (SSSR count). The monoisotopic (exact) mass is 322 g/mol. The van der Waals surface area contributed by atoms with Gasteiger partial charge in [-0.1, -0.05) is 34.4 Å². The number of amides is 1. The molecule has 8 heteroatoms. The van der Waals surface area contributed by atoms with Crippen LogP contribution in [0.4, 0.5) is 11.4 Å². The standard InChI is InChI=1S/C13H8Cl2N4O2/c14-7-1-4-12(20)9(5-7)13(21)17-11-3-2-8(18-19-16)6-10(11)15/h1-6,20H,(H,17,21). The van der Waals surface area contributed by atoms with Crippen molar-refractivity contribution in [3.8, 4) is 5.75 Å². The number of rotatable bonds is 3. The number of hydrogen-bond donors (Lipinski definition) is 2. The average Bonchev–Trinajstić information content (AvgIpc) is 2.44. The molecule has 0 unspecified atom stereocenters. The molecule has 2 N–H and O–H groups in total. The fourth-order valence-electron chi connectivity index (χ4n) is 1.60. The van der Waals surface area contributed by atoms with Crippen LogP contribution in [0.15, 0.2) is 41.5 Å². The molecule has 0 atom stereocenters. The molecule has 2 aromatic rings. The van der Waals surface area contributed by atoms with Crippen molar-refractivity contribution >= 4 is 40.5 Å². The van der Waals surface area contributed by atoms with E-state index in [0.717, 1.165) is 0 Å². The topological polar surface area (TPSA) is 98.1 Å². The van der Waals surface area contributed by atoms with Crippen molar-refractivity contribution in [2.75, 3.05) is 5.32 Å². The number of phenolic OH excluding ortho intramolecular Hbond substituents is 1. The van der Waals surface area contributed by atoms with Crippen LogP contribution in [0.3, 0.4) is 0 Å². The Morgan fingerprint density at radius 1 is 1.24 bits per heavy atom. The molecule has 106 valence electrons. The smallest absolute Gasteiger partial charge is 0.259 e. The lowest BCUT2D eigenvalue weighted by atomic mass is 10.2. The minimum Gasteiger partial charge on any atom is -0.507 e. The Balaban J connectivity index is 2.27. The van der Waals surface area contributed by atoms with E-state index in [9.17, 15) is 9.90 Å². The Bertz CT molecular complexity index is 758. The number of carbonyl (C=O) groups excluding carboxylic acids is 1. The summed E-state index contributed by atoms with van der Waals surface area (Å²) in [4.78, 5) is 14.7. The first-order valence-corrected chi connectivity index (χ1v) is 6.41. The molecule has 1 amide bonds. The molecule has 0 saturated carbocycles. The van der Waals surface area contributed by atoms with E-state index < -0.39 is 5.91 Å². The van der Waals surface area contributed by atoms with Crippen LogP contribution in [0.5, 0.6) is 5.75 Å². The van der Waals surface area contributed by atoms with Gasteiger partial charge in [0, 0.05) is 15.6 Å². The normalized spacial score (nSPS) is 9.81. The van der Waals surface area contributed by atoms with Crippen molar-refractivity contribution in [1.82, 2.24) is 0 Å². The second kappa shape index (κ2) is 6.37. The molecule has 0 saturated heterocycles. The van der Waals surface area contributed by atoms with Gasteiger partial charge in [-0.15, -0.1) is 0 Å². The van der Waals surface area contributed by atoms with Crippen molar-refractivity contribution < 1.29 is 9.90 Å². The van der Waals surface area contributed by atoms with Gasteiger partial charge in [-0.2, -0.15) is 0 Å². The molecule has 0 heterocycles. The quantitative estimate of drug-likeness (QED) is 0.477. The molecule has 0 aromatic heterocycles. The van der Waals surface area contributed by atoms with Crippen LogP contribution in [0, 0.1) is 0 Å². The summed E-state index contributed by atoms with van der Waals surface area (Å²) in [6.07, 6.45) is 0. The number of nitrogens with zero attached hydrogens (tertiary/aromatic N) is 3. The van der Waals surface area contributed by atoms with Gasteiger partial charge in [0.2, 0.25) is 0 Å². The minimum absolute atomic E-state index is 0.0256. The minimum atomic E-state index is -0.562. The molecule has 0 aliphatic carbocycles. The second-order valence-corrected chi connectivity index (χ2v) is 4.81. The summed E-state index contributed by atoms with van der Waals surface area (Å²) in [6.45, 7) is 0. The van der Waals surface area contributed by atoms with E-state index >= 15 is 0 Å². The first-order chi connectivity index (χ1) is 10.0. The number of azide groups is 1. The zero-order valence-electron chi connectivity index (χ0n) is 10.4. The molecule has 0 aliphatic heterocycles. The van der Waals surface area contributed by atoms with Gasteiger partial charge in [-0.3, -0.25) is 4.79 Å². The Hall–Kier alpha value is -2.40. The van der Waals surface area contributed by atoms with Gasteiger partial charge in [0.05, 0.1) is 16.3 Å². The highest BCUT2D eigenvalue weighted by molar-refractivity contribution is 6.34. The van der Waals surface area contributed by atoms with Gasteiger partial charge in [-0.05, 0) is 35.9 Å². The third kappa shape index (κ3) is 3.58. The number of aromatic hydroxyl groups is 1. The number of benzene rings is 2. The number of nitrogens with one attached hydrogen (secondary N) is 1. The molecule has 0 spiro atoms. The van der Waals surface area contributed by atoms with Crippen molar-refractivity contribution in [2.45, 2.75) is 0 Å². The van der Waals surface area contributed by atoms with Gasteiger partial charge < -0.3 is 10.4 Å². The van der Waals surface area contributed by atoms with Crippen molar-refractivity contribution in [3.63, 3.8) is 0 Å². The Morgan fingerprint density at radius 2 is 2.00 bits per heavy atom. The first kappa shape index (κ1) is 15.0. The molecule has 0 aliphatic rings. The fraction of sp³-hybridized carbons (Fsp3) is 0. The van der Waals surface area contributed by atoms with Crippen LogP contribution in [-0.2, 0) is 0 Å². The summed E-state index contributed by atoms with van der Waals surface area (Å²) < 4.78 is 0.